The van der Waals surface area contributed by atoms with Crippen LogP contribution in [-0.4, -0.2) is 11.2 Å². The number of hydrogen-bond acceptors (Lipinski definition) is 3. The molecule has 0 saturated carbocycles. The molecule has 0 aliphatic carbocycles. The molecule has 0 aromatic heterocycles. The Labute approximate surface area is 69.3 Å². The van der Waals surface area contributed by atoms with Crippen LogP contribution in [0.1, 0.15) is 6.92 Å². The number of ether oxygens (including phenoxy) is 1. The standard InChI is InChI=1S/C7H7ClO3/c1-6(9)11-5-3-2-4-7(8)10/h2-5H,1H3/b4-2+,5-3+. The minimum Gasteiger partial charge on any atom is -0.435 e. The van der Waals surface area contributed by atoms with Crippen molar-refractivity contribution in [3.8, 4) is 0 Å². The molecule has 0 aromatic rings. The highest BCUT2D eigenvalue weighted by atomic mass is 35.5. The van der Waals surface area contributed by atoms with Gasteiger partial charge in [-0.25, -0.2) is 0 Å². The Morgan fingerprint density at radius 1 is 1.36 bits per heavy atom. The van der Waals surface area contributed by atoms with Crippen LogP contribution < -0.4 is 0 Å². The van der Waals surface area contributed by atoms with Gasteiger partial charge in [0.2, 0.25) is 5.24 Å². The molecule has 0 aliphatic rings. The van der Waals surface area contributed by atoms with Gasteiger partial charge in [-0.15, -0.1) is 0 Å². The second kappa shape index (κ2) is 5.68. The summed E-state index contributed by atoms with van der Waals surface area (Å²) in [5.41, 5.74) is 0. The fourth-order valence-electron chi connectivity index (χ4n) is 0.312. The van der Waals surface area contributed by atoms with Crippen molar-refractivity contribution in [2.24, 2.45) is 0 Å². The van der Waals surface area contributed by atoms with Gasteiger partial charge >= 0.3 is 5.97 Å². The number of esters is 1. The maximum absolute atomic E-state index is 10.2. The van der Waals surface area contributed by atoms with Gasteiger partial charge in [0, 0.05) is 6.92 Å². The average Bonchev–Trinajstić information content (AvgIpc) is 1.85. The third-order valence-electron chi connectivity index (χ3n) is 0.651. The molecular formula is C7H7ClO3. The van der Waals surface area contributed by atoms with Gasteiger partial charge in [0.05, 0.1) is 6.26 Å². The van der Waals surface area contributed by atoms with Gasteiger partial charge in [-0.2, -0.15) is 0 Å². The molecule has 0 heterocycles. The van der Waals surface area contributed by atoms with E-state index in [9.17, 15) is 9.59 Å². The number of rotatable bonds is 3. The van der Waals surface area contributed by atoms with Crippen molar-refractivity contribution >= 4 is 22.8 Å². The highest BCUT2D eigenvalue weighted by Gasteiger charge is 1.83. The van der Waals surface area contributed by atoms with E-state index < -0.39 is 11.2 Å². The lowest BCUT2D eigenvalue weighted by atomic mass is 10.5. The second-order valence-corrected chi connectivity index (χ2v) is 1.97. The summed E-state index contributed by atoms with van der Waals surface area (Å²) in [4.78, 5) is 20.2. The Morgan fingerprint density at radius 2 is 2.00 bits per heavy atom. The molecule has 0 rings (SSSR count). The quantitative estimate of drug-likeness (QED) is 0.214. The van der Waals surface area contributed by atoms with E-state index in [0.717, 1.165) is 6.08 Å². The monoisotopic (exact) mass is 174 g/mol. The molecule has 0 aliphatic heterocycles. The van der Waals surface area contributed by atoms with Gasteiger partial charge in [0.1, 0.15) is 0 Å². The van der Waals surface area contributed by atoms with Crippen molar-refractivity contribution in [1.82, 2.24) is 0 Å². The molecule has 11 heavy (non-hydrogen) atoms. The maximum atomic E-state index is 10.2. The number of halogens is 1. The van der Waals surface area contributed by atoms with Crippen LogP contribution in [0.5, 0.6) is 0 Å². The molecule has 0 fully saturated rings. The van der Waals surface area contributed by atoms with Crippen LogP contribution in [-0.2, 0) is 14.3 Å². The summed E-state index contributed by atoms with van der Waals surface area (Å²) in [6.07, 6.45) is 5.07. The average molecular weight is 175 g/mol. The molecule has 60 valence electrons. The predicted octanol–water partition coefficient (Wildman–Crippen LogP) is 1.38. The zero-order valence-electron chi connectivity index (χ0n) is 5.91. The minimum absolute atomic E-state index is 0.410. The smallest absolute Gasteiger partial charge is 0.307 e. The Balaban J connectivity index is 3.60. The van der Waals surface area contributed by atoms with Gasteiger partial charge < -0.3 is 4.74 Å². The Morgan fingerprint density at radius 3 is 2.45 bits per heavy atom. The molecule has 4 heteroatoms. The molecule has 0 bridgehead atoms. The SMILES string of the molecule is CC(=O)O/C=C/C=C/C(=O)Cl. The first-order valence-corrected chi connectivity index (χ1v) is 3.20. The molecular weight excluding hydrogens is 168 g/mol. The lowest BCUT2D eigenvalue weighted by molar-refractivity contribution is -0.135. The summed E-state index contributed by atoms with van der Waals surface area (Å²) in [6.45, 7) is 1.28. The third kappa shape index (κ3) is 8.91. The van der Waals surface area contributed by atoms with Crippen LogP contribution in [0.4, 0.5) is 0 Å². The summed E-state index contributed by atoms with van der Waals surface area (Å²) in [5.74, 6) is -0.410. The number of hydrogen-bond donors (Lipinski definition) is 0. The molecule has 0 unspecified atom stereocenters. The third-order valence-corrected chi connectivity index (χ3v) is 0.777. The van der Waals surface area contributed by atoms with Crippen LogP contribution in [0.2, 0.25) is 0 Å². The summed E-state index contributed by atoms with van der Waals surface area (Å²) >= 11 is 4.95. The predicted molar refractivity (Wildman–Crippen MR) is 40.9 cm³/mol. The topological polar surface area (TPSA) is 43.4 Å². The van der Waals surface area contributed by atoms with Crippen molar-refractivity contribution in [1.29, 1.82) is 0 Å². The van der Waals surface area contributed by atoms with Crippen molar-refractivity contribution in [2.45, 2.75) is 6.92 Å². The summed E-state index contributed by atoms with van der Waals surface area (Å²) in [6, 6.07) is 0. The van der Waals surface area contributed by atoms with E-state index >= 15 is 0 Å². The molecule has 0 saturated heterocycles. The van der Waals surface area contributed by atoms with E-state index in [-0.39, 0.29) is 0 Å². The second-order valence-electron chi connectivity index (χ2n) is 1.60. The molecule has 0 spiro atoms. The largest absolute Gasteiger partial charge is 0.435 e. The molecule has 0 atom stereocenters. The Kier molecular flexibility index (Phi) is 5.11. The van der Waals surface area contributed by atoms with E-state index in [2.05, 4.69) is 4.74 Å². The summed E-state index contributed by atoms with van der Waals surface area (Å²) in [5, 5.41) is -0.572. The van der Waals surface area contributed by atoms with Crippen LogP contribution in [0.3, 0.4) is 0 Å². The van der Waals surface area contributed by atoms with Gasteiger partial charge in [-0.05, 0) is 23.8 Å². The number of carbonyl (C=O) groups excluding carboxylic acids is 2. The van der Waals surface area contributed by atoms with Crippen LogP contribution in [0, 0.1) is 0 Å². The summed E-state index contributed by atoms with van der Waals surface area (Å²) in [7, 11) is 0. The Bertz CT molecular complexity index is 206. The van der Waals surface area contributed by atoms with E-state index in [1.54, 1.807) is 0 Å². The molecule has 0 amide bonds. The molecule has 0 N–H and O–H groups in total. The first-order valence-electron chi connectivity index (χ1n) is 2.83. The highest BCUT2D eigenvalue weighted by molar-refractivity contribution is 6.66. The van der Waals surface area contributed by atoms with Gasteiger partial charge in [0.15, 0.2) is 0 Å². The zero-order chi connectivity index (χ0) is 8.69. The normalized spacial score (nSPS) is 10.7. The molecule has 3 nitrogen and oxygen atoms in total. The molecule has 0 radical (unpaired) electrons. The van der Waals surface area contributed by atoms with Crippen molar-refractivity contribution in [2.75, 3.05) is 0 Å². The Hall–Kier alpha value is -1.09. The maximum Gasteiger partial charge on any atom is 0.307 e. The van der Waals surface area contributed by atoms with Crippen LogP contribution in [0.25, 0.3) is 0 Å². The van der Waals surface area contributed by atoms with E-state index in [0.29, 0.717) is 0 Å². The van der Waals surface area contributed by atoms with Gasteiger partial charge in [0.25, 0.3) is 0 Å². The first-order chi connectivity index (χ1) is 5.13. The van der Waals surface area contributed by atoms with Crippen LogP contribution in [0.15, 0.2) is 24.5 Å². The zero-order valence-corrected chi connectivity index (χ0v) is 6.67. The number of allylic oxidation sites excluding steroid dienone is 3. The fraction of sp³-hybridized carbons (Fsp3) is 0.143. The van der Waals surface area contributed by atoms with Crippen molar-refractivity contribution < 1.29 is 14.3 Å². The van der Waals surface area contributed by atoms with E-state index in [1.807, 2.05) is 0 Å². The number of carbonyl (C=O) groups is 2. The van der Waals surface area contributed by atoms with Crippen molar-refractivity contribution in [3.63, 3.8) is 0 Å². The summed E-state index contributed by atoms with van der Waals surface area (Å²) < 4.78 is 4.40. The van der Waals surface area contributed by atoms with Gasteiger partial charge in [-0.3, -0.25) is 9.59 Å². The van der Waals surface area contributed by atoms with Crippen LogP contribution >= 0.6 is 11.6 Å². The fourth-order valence-corrected chi connectivity index (χ4v) is 0.384. The molecule has 0 aromatic carbocycles. The minimum atomic E-state index is -0.572. The van der Waals surface area contributed by atoms with Gasteiger partial charge in [-0.1, -0.05) is 6.08 Å². The highest BCUT2D eigenvalue weighted by Crippen LogP contribution is 1.85. The van der Waals surface area contributed by atoms with Crippen molar-refractivity contribution in [3.05, 3.63) is 24.5 Å². The lowest BCUT2D eigenvalue weighted by Crippen LogP contribution is -1.88. The lowest BCUT2D eigenvalue weighted by Gasteiger charge is -1.86. The first kappa shape index (κ1) is 9.91. The van der Waals surface area contributed by atoms with E-state index in [1.165, 1.54) is 25.3 Å². The van der Waals surface area contributed by atoms with E-state index in [4.69, 9.17) is 11.6 Å².